The number of aliphatic hydroxyl groups excluding tert-OH is 2. The van der Waals surface area contributed by atoms with Crippen molar-refractivity contribution in [3.63, 3.8) is 0 Å². The number of methoxy groups -OCH3 is 1. The van der Waals surface area contributed by atoms with Crippen molar-refractivity contribution in [1.29, 1.82) is 0 Å². The maximum absolute atomic E-state index is 10.0. The number of aliphatic hydroxyl groups is 2. The van der Waals surface area contributed by atoms with Gasteiger partial charge in [0.25, 0.3) is 0 Å². The molecule has 0 saturated heterocycles. The third kappa shape index (κ3) is 4.59. The molecule has 118 valence electrons. The topological polar surface area (TPSA) is 71.0 Å². The molecule has 0 bridgehead atoms. The van der Waals surface area contributed by atoms with Crippen LogP contribution in [0.1, 0.15) is 19.3 Å². The SMILES string of the molecule is COc1ccccc1OCC(O)CNC1CCCC1CO. The molecule has 5 nitrogen and oxygen atoms in total. The van der Waals surface area contributed by atoms with Gasteiger partial charge in [-0.2, -0.15) is 0 Å². The van der Waals surface area contributed by atoms with Crippen molar-refractivity contribution >= 4 is 0 Å². The van der Waals surface area contributed by atoms with E-state index in [1.54, 1.807) is 7.11 Å². The molecule has 2 rings (SSSR count). The molecule has 5 heteroatoms. The zero-order chi connectivity index (χ0) is 15.1. The van der Waals surface area contributed by atoms with Gasteiger partial charge in [-0.05, 0) is 30.9 Å². The van der Waals surface area contributed by atoms with Crippen LogP contribution in [0.25, 0.3) is 0 Å². The van der Waals surface area contributed by atoms with E-state index in [0.717, 1.165) is 19.3 Å². The van der Waals surface area contributed by atoms with Crippen molar-refractivity contribution < 1.29 is 19.7 Å². The van der Waals surface area contributed by atoms with Crippen molar-refractivity contribution in [3.05, 3.63) is 24.3 Å². The van der Waals surface area contributed by atoms with Crippen LogP contribution >= 0.6 is 0 Å². The molecule has 0 aliphatic heterocycles. The number of rotatable bonds is 8. The first-order chi connectivity index (χ1) is 10.2. The van der Waals surface area contributed by atoms with Crippen LogP contribution in [0, 0.1) is 5.92 Å². The lowest BCUT2D eigenvalue weighted by Gasteiger charge is -2.21. The van der Waals surface area contributed by atoms with E-state index < -0.39 is 6.10 Å². The number of nitrogens with one attached hydrogen (secondary N) is 1. The van der Waals surface area contributed by atoms with E-state index in [1.807, 2.05) is 24.3 Å². The van der Waals surface area contributed by atoms with Gasteiger partial charge in [-0.15, -0.1) is 0 Å². The zero-order valence-corrected chi connectivity index (χ0v) is 12.5. The highest BCUT2D eigenvalue weighted by molar-refractivity contribution is 5.39. The van der Waals surface area contributed by atoms with Gasteiger partial charge in [-0.3, -0.25) is 0 Å². The number of hydrogen-bond donors (Lipinski definition) is 3. The lowest BCUT2D eigenvalue weighted by molar-refractivity contribution is 0.0977. The molecule has 0 radical (unpaired) electrons. The van der Waals surface area contributed by atoms with Crippen LogP contribution in [-0.2, 0) is 0 Å². The summed E-state index contributed by atoms with van der Waals surface area (Å²) >= 11 is 0. The van der Waals surface area contributed by atoms with Gasteiger partial charge in [0, 0.05) is 19.2 Å². The predicted octanol–water partition coefficient (Wildman–Crippen LogP) is 1.19. The molecule has 1 fully saturated rings. The summed E-state index contributed by atoms with van der Waals surface area (Å²) < 4.78 is 10.8. The van der Waals surface area contributed by atoms with E-state index in [2.05, 4.69) is 5.32 Å². The van der Waals surface area contributed by atoms with Gasteiger partial charge in [0.15, 0.2) is 11.5 Å². The summed E-state index contributed by atoms with van der Waals surface area (Å²) in [5, 5.41) is 22.6. The quantitative estimate of drug-likeness (QED) is 0.672. The molecule has 21 heavy (non-hydrogen) atoms. The molecule has 1 aliphatic carbocycles. The van der Waals surface area contributed by atoms with Crippen LogP contribution in [0.15, 0.2) is 24.3 Å². The first-order valence-corrected chi connectivity index (χ1v) is 7.52. The zero-order valence-electron chi connectivity index (χ0n) is 12.5. The third-order valence-corrected chi connectivity index (χ3v) is 4.01. The summed E-state index contributed by atoms with van der Waals surface area (Å²) in [6.45, 7) is 0.895. The van der Waals surface area contributed by atoms with Crippen molar-refractivity contribution in [2.24, 2.45) is 5.92 Å². The standard InChI is InChI=1S/C16H25NO4/c1-20-15-7-2-3-8-16(15)21-11-13(19)9-17-14-6-4-5-12(14)10-18/h2-3,7-8,12-14,17-19H,4-6,9-11H2,1H3. The van der Waals surface area contributed by atoms with Crippen molar-refractivity contribution in [2.75, 3.05) is 26.9 Å². The highest BCUT2D eigenvalue weighted by atomic mass is 16.5. The summed E-state index contributed by atoms with van der Waals surface area (Å²) in [6, 6.07) is 7.68. The molecule has 0 aromatic heterocycles. The Morgan fingerprint density at radius 1 is 1.29 bits per heavy atom. The minimum absolute atomic E-state index is 0.212. The first-order valence-electron chi connectivity index (χ1n) is 7.52. The fraction of sp³-hybridized carbons (Fsp3) is 0.625. The Labute approximate surface area is 125 Å². The third-order valence-electron chi connectivity index (χ3n) is 4.01. The molecule has 1 aliphatic rings. The van der Waals surface area contributed by atoms with Gasteiger partial charge in [0.1, 0.15) is 12.7 Å². The Bertz CT molecular complexity index is 426. The van der Waals surface area contributed by atoms with Crippen LogP contribution < -0.4 is 14.8 Å². The molecule has 0 amide bonds. The molecule has 0 heterocycles. The highest BCUT2D eigenvalue weighted by Gasteiger charge is 2.26. The number of ether oxygens (including phenoxy) is 2. The Morgan fingerprint density at radius 2 is 2.05 bits per heavy atom. The largest absolute Gasteiger partial charge is 0.493 e. The molecule has 3 N–H and O–H groups in total. The minimum atomic E-state index is -0.588. The molecule has 1 aromatic carbocycles. The molecular weight excluding hydrogens is 270 g/mol. The predicted molar refractivity (Wildman–Crippen MR) is 80.7 cm³/mol. The fourth-order valence-electron chi connectivity index (χ4n) is 2.79. The van der Waals surface area contributed by atoms with Crippen LogP contribution in [0.3, 0.4) is 0 Å². The van der Waals surface area contributed by atoms with Crippen LogP contribution in [-0.4, -0.2) is 49.2 Å². The van der Waals surface area contributed by atoms with Crippen LogP contribution in [0.5, 0.6) is 11.5 Å². The summed E-state index contributed by atoms with van der Waals surface area (Å²) in [6.07, 6.45) is 2.67. The Kier molecular flexibility index (Phi) is 6.29. The Morgan fingerprint density at radius 3 is 2.76 bits per heavy atom. The molecule has 0 spiro atoms. The van der Waals surface area contributed by atoms with Gasteiger partial charge < -0.3 is 25.0 Å². The summed E-state index contributed by atoms with van der Waals surface area (Å²) in [7, 11) is 1.59. The maximum atomic E-state index is 10.0. The van der Waals surface area contributed by atoms with E-state index in [4.69, 9.17) is 9.47 Å². The second kappa shape index (κ2) is 8.22. The fourth-order valence-corrected chi connectivity index (χ4v) is 2.79. The Balaban J connectivity index is 1.73. The molecule has 3 unspecified atom stereocenters. The number of hydrogen-bond acceptors (Lipinski definition) is 5. The summed E-state index contributed by atoms with van der Waals surface area (Å²) in [4.78, 5) is 0. The van der Waals surface area contributed by atoms with E-state index in [-0.39, 0.29) is 13.2 Å². The molecule has 1 aromatic rings. The van der Waals surface area contributed by atoms with Crippen molar-refractivity contribution in [2.45, 2.75) is 31.4 Å². The van der Waals surface area contributed by atoms with Gasteiger partial charge in [-0.25, -0.2) is 0 Å². The molecular formula is C16H25NO4. The average Bonchev–Trinajstić information content (AvgIpc) is 2.98. The lowest BCUT2D eigenvalue weighted by Crippen LogP contribution is -2.40. The molecule has 3 atom stereocenters. The lowest BCUT2D eigenvalue weighted by atomic mass is 10.1. The smallest absolute Gasteiger partial charge is 0.161 e. The normalized spacial score (nSPS) is 23.0. The van der Waals surface area contributed by atoms with Gasteiger partial charge in [0.05, 0.1) is 7.11 Å². The number of para-hydroxylation sites is 2. The Hall–Kier alpha value is -1.30. The van der Waals surface area contributed by atoms with Gasteiger partial charge in [-0.1, -0.05) is 18.6 Å². The van der Waals surface area contributed by atoms with E-state index in [9.17, 15) is 10.2 Å². The van der Waals surface area contributed by atoms with Gasteiger partial charge >= 0.3 is 0 Å². The minimum Gasteiger partial charge on any atom is -0.493 e. The van der Waals surface area contributed by atoms with Crippen molar-refractivity contribution in [1.82, 2.24) is 5.32 Å². The maximum Gasteiger partial charge on any atom is 0.161 e. The number of benzene rings is 1. The van der Waals surface area contributed by atoms with E-state index in [0.29, 0.717) is 30.0 Å². The summed E-state index contributed by atoms with van der Waals surface area (Å²) in [5.41, 5.74) is 0. The second-order valence-corrected chi connectivity index (χ2v) is 5.50. The van der Waals surface area contributed by atoms with E-state index in [1.165, 1.54) is 0 Å². The van der Waals surface area contributed by atoms with Crippen LogP contribution in [0.4, 0.5) is 0 Å². The van der Waals surface area contributed by atoms with Gasteiger partial charge in [0.2, 0.25) is 0 Å². The summed E-state index contributed by atoms with van der Waals surface area (Å²) in [5.74, 6) is 1.61. The highest BCUT2D eigenvalue weighted by Crippen LogP contribution is 2.26. The van der Waals surface area contributed by atoms with E-state index >= 15 is 0 Å². The van der Waals surface area contributed by atoms with Crippen LogP contribution in [0.2, 0.25) is 0 Å². The molecule has 1 saturated carbocycles. The monoisotopic (exact) mass is 295 g/mol. The first kappa shape index (κ1) is 16.1. The average molecular weight is 295 g/mol. The second-order valence-electron chi connectivity index (χ2n) is 5.50. The van der Waals surface area contributed by atoms with Crippen molar-refractivity contribution in [3.8, 4) is 11.5 Å².